The number of thiazole rings is 1. The maximum Gasteiger partial charge on any atom is 0.115 e. The summed E-state index contributed by atoms with van der Waals surface area (Å²) < 4.78 is 0. The molecule has 0 aliphatic rings. The van der Waals surface area contributed by atoms with Gasteiger partial charge in [-0.15, -0.1) is 11.3 Å². The van der Waals surface area contributed by atoms with Gasteiger partial charge in [0.15, 0.2) is 0 Å². The van der Waals surface area contributed by atoms with Crippen LogP contribution < -0.4 is 5.73 Å². The van der Waals surface area contributed by atoms with Crippen molar-refractivity contribution in [3.05, 3.63) is 52.0 Å². The number of nitrogens with two attached hydrogens (primary N) is 1. The molecule has 20 heavy (non-hydrogen) atoms. The molecule has 108 valence electrons. The Morgan fingerprint density at radius 2 is 2.10 bits per heavy atom. The standard InChI is InChI=1S/C15H21N3OS/c1-2-18(8-9-19)14(12-6-4-3-5-7-12)15-17-13(10-16)11-20-15/h3-7,11,14,19H,2,8-10,16H2,1H3. The zero-order valence-electron chi connectivity index (χ0n) is 11.7. The van der Waals surface area contributed by atoms with Gasteiger partial charge in [-0.25, -0.2) is 4.98 Å². The summed E-state index contributed by atoms with van der Waals surface area (Å²) in [7, 11) is 0. The van der Waals surface area contributed by atoms with Crippen LogP contribution in [0, 0.1) is 0 Å². The quantitative estimate of drug-likeness (QED) is 0.819. The summed E-state index contributed by atoms with van der Waals surface area (Å²) in [6.45, 7) is 4.20. The first-order valence-electron chi connectivity index (χ1n) is 6.84. The molecule has 1 heterocycles. The van der Waals surface area contributed by atoms with Crippen LogP contribution in [0.2, 0.25) is 0 Å². The SMILES string of the molecule is CCN(CCO)C(c1ccccc1)c1nc(CN)cs1. The lowest BCUT2D eigenvalue weighted by molar-refractivity contribution is 0.174. The lowest BCUT2D eigenvalue weighted by atomic mass is 10.1. The van der Waals surface area contributed by atoms with Gasteiger partial charge in [-0.2, -0.15) is 0 Å². The van der Waals surface area contributed by atoms with E-state index < -0.39 is 0 Å². The monoisotopic (exact) mass is 291 g/mol. The Morgan fingerprint density at radius 1 is 1.35 bits per heavy atom. The first-order chi connectivity index (χ1) is 9.80. The number of hydrogen-bond acceptors (Lipinski definition) is 5. The molecule has 2 rings (SSSR count). The smallest absolute Gasteiger partial charge is 0.115 e. The Balaban J connectivity index is 2.37. The van der Waals surface area contributed by atoms with Crippen LogP contribution in [0.5, 0.6) is 0 Å². The van der Waals surface area contributed by atoms with Gasteiger partial charge in [0.25, 0.3) is 0 Å². The van der Waals surface area contributed by atoms with Gasteiger partial charge in [-0.3, -0.25) is 4.90 Å². The second-order valence-electron chi connectivity index (χ2n) is 4.55. The Kier molecular flexibility index (Phi) is 5.67. The largest absolute Gasteiger partial charge is 0.395 e. The van der Waals surface area contributed by atoms with Crippen LogP contribution in [-0.4, -0.2) is 34.7 Å². The molecule has 2 aromatic rings. The number of rotatable bonds is 7. The highest BCUT2D eigenvalue weighted by atomic mass is 32.1. The van der Waals surface area contributed by atoms with Gasteiger partial charge in [0, 0.05) is 18.5 Å². The molecule has 1 aromatic heterocycles. The Labute approximate surface area is 123 Å². The van der Waals surface area contributed by atoms with Gasteiger partial charge < -0.3 is 10.8 Å². The average Bonchev–Trinajstić information content (AvgIpc) is 2.96. The number of aliphatic hydroxyl groups is 1. The summed E-state index contributed by atoms with van der Waals surface area (Å²) in [5.41, 5.74) is 7.78. The molecule has 0 aliphatic carbocycles. The van der Waals surface area contributed by atoms with E-state index in [1.54, 1.807) is 11.3 Å². The lowest BCUT2D eigenvalue weighted by Crippen LogP contribution is -2.32. The molecule has 0 aliphatic heterocycles. The van der Waals surface area contributed by atoms with E-state index in [1.165, 1.54) is 5.56 Å². The van der Waals surface area contributed by atoms with Gasteiger partial charge in [-0.05, 0) is 12.1 Å². The molecule has 3 N–H and O–H groups in total. The minimum atomic E-state index is 0.0821. The molecule has 0 bridgehead atoms. The van der Waals surface area contributed by atoms with Crippen molar-refractivity contribution in [1.82, 2.24) is 9.88 Å². The van der Waals surface area contributed by atoms with Crippen molar-refractivity contribution in [3.63, 3.8) is 0 Å². The fourth-order valence-corrected chi connectivity index (χ4v) is 3.27. The Hall–Kier alpha value is -1.27. The molecule has 0 fully saturated rings. The Bertz CT molecular complexity index is 515. The highest BCUT2D eigenvalue weighted by Crippen LogP contribution is 2.30. The molecule has 0 spiro atoms. The summed E-state index contributed by atoms with van der Waals surface area (Å²) in [6, 6.07) is 10.4. The number of aromatic nitrogens is 1. The van der Waals surface area contributed by atoms with Crippen LogP contribution in [-0.2, 0) is 6.54 Å². The minimum absolute atomic E-state index is 0.0821. The molecular weight excluding hydrogens is 270 g/mol. The van der Waals surface area contributed by atoms with Crippen molar-refractivity contribution in [2.75, 3.05) is 19.7 Å². The topological polar surface area (TPSA) is 62.4 Å². The first kappa shape index (κ1) is 15.1. The zero-order chi connectivity index (χ0) is 14.4. The van der Waals surface area contributed by atoms with E-state index in [9.17, 15) is 5.11 Å². The molecule has 1 atom stereocenters. The highest BCUT2D eigenvalue weighted by Gasteiger charge is 2.23. The van der Waals surface area contributed by atoms with Crippen molar-refractivity contribution in [2.24, 2.45) is 5.73 Å². The predicted molar refractivity (Wildman–Crippen MR) is 82.6 cm³/mol. The summed E-state index contributed by atoms with van der Waals surface area (Å²) in [5, 5.41) is 12.3. The molecule has 1 unspecified atom stereocenters. The third kappa shape index (κ3) is 3.43. The van der Waals surface area contributed by atoms with Crippen molar-refractivity contribution in [2.45, 2.75) is 19.5 Å². The Morgan fingerprint density at radius 3 is 2.65 bits per heavy atom. The van der Waals surface area contributed by atoms with Gasteiger partial charge in [0.1, 0.15) is 5.01 Å². The van der Waals surface area contributed by atoms with Crippen LogP contribution in [0.15, 0.2) is 35.7 Å². The summed E-state index contributed by atoms with van der Waals surface area (Å²) in [4.78, 5) is 6.86. The first-order valence-corrected chi connectivity index (χ1v) is 7.72. The minimum Gasteiger partial charge on any atom is -0.395 e. The van der Waals surface area contributed by atoms with Crippen LogP contribution in [0.4, 0.5) is 0 Å². The molecule has 0 radical (unpaired) electrons. The molecule has 0 saturated heterocycles. The van der Waals surface area contributed by atoms with Gasteiger partial charge in [0.2, 0.25) is 0 Å². The number of likely N-dealkylation sites (N-methyl/N-ethyl adjacent to an activating group) is 1. The number of nitrogens with zero attached hydrogens (tertiary/aromatic N) is 2. The van der Waals surface area contributed by atoms with Crippen molar-refractivity contribution in [3.8, 4) is 0 Å². The van der Waals surface area contributed by atoms with Crippen LogP contribution in [0.25, 0.3) is 0 Å². The summed E-state index contributed by atoms with van der Waals surface area (Å²) >= 11 is 1.63. The van der Waals surface area contributed by atoms with Gasteiger partial charge >= 0.3 is 0 Å². The van der Waals surface area contributed by atoms with Crippen LogP contribution in [0.1, 0.15) is 29.2 Å². The van der Waals surface area contributed by atoms with Crippen LogP contribution >= 0.6 is 11.3 Å². The summed E-state index contributed by atoms with van der Waals surface area (Å²) in [6.07, 6.45) is 0. The van der Waals surface area contributed by atoms with E-state index in [0.717, 1.165) is 17.2 Å². The molecule has 5 heteroatoms. The average molecular weight is 291 g/mol. The van der Waals surface area contributed by atoms with Crippen molar-refractivity contribution < 1.29 is 5.11 Å². The predicted octanol–water partition coefficient (Wildman–Crippen LogP) is 2.01. The van der Waals surface area contributed by atoms with E-state index in [4.69, 9.17) is 5.73 Å². The van der Waals surface area contributed by atoms with E-state index in [1.807, 2.05) is 23.6 Å². The fourth-order valence-electron chi connectivity index (χ4n) is 2.29. The molecular formula is C15H21N3OS. The normalized spacial score (nSPS) is 12.8. The van der Waals surface area contributed by atoms with Gasteiger partial charge in [-0.1, -0.05) is 37.3 Å². The second-order valence-corrected chi connectivity index (χ2v) is 5.44. The van der Waals surface area contributed by atoms with E-state index >= 15 is 0 Å². The molecule has 0 amide bonds. The van der Waals surface area contributed by atoms with E-state index in [2.05, 4.69) is 28.9 Å². The van der Waals surface area contributed by atoms with Crippen molar-refractivity contribution >= 4 is 11.3 Å². The third-order valence-corrected chi connectivity index (χ3v) is 4.23. The van der Waals surface area contributed by atoms with Crippen LogP contribution in [0.3, 0.4) is 0 Å². The van der Waals surface area contributed by atoms with E-state index in [0.29, 0.717) is 13.1 Å². The maximum atomic E-state index is 9.28. The summed E-state index contributed by atoms with van der Waals surface area (Å²) in [5.74, 6) is 0. The van der Waals surface area contributed by atoms with Crippen molar-refractivity contribution in [1.29, 1.82) is 0 Å². The molecule has 1 aromatic carbocycles. The third-order valence-electron chi connectivity index (χ3n) is 3.29. The highest BCUT2D eigenvalue weighted by molar-refractivity contribution is 7.09. The number of hydrogen-bond donors (Lipinski definition) is 2. The zero-order valence-corrected chi connectivity index (χ0v) is 12.5. The maximum absolute atomic E-state index is 9.28. The number of benzene rings is 1. The second kappa shape index (κ2) is 7.50. The van der Waals surface area contributed by atoms with Gasteiger partial charge in [0.05, 0.1) is 18.3 Å². The number of aliphatic hydroxyl groups excluding tert-OH is 1. The lowest BCUT2D eigenvalue weighted by Gasteiger charge is -2.29. The molecule has 0 saturated carbocycles. The molecule has 4 nitrogen and oxygen atoms in total. The fraction of sp³-hybridized carbons (Fsp3) is 0.400. The van der Waals surface area contributed by atoms with E-state index in [-0.39, 0.29) is 12.6 Å².